The second kappa shape index (κ2) is 7.27. The van der Waals surface area contributed by atoms with Crippen LogP contribution in [0.5, 0.6) is 0 Å². The first-order valence-electron chi connectivity index (χ1n) is 6.36. The van der Waals surface area contributed by atoms with Gasteiger partial charge in [-0.05, 0) is 83.3 Å². The maximum absolute atomic E-state index is 5.90. The van der Waals surface area contributed by atoms with Crippen molar-refractivity contribution in [3.63, 3.8) is 0 Å². The van der Waals surface area contributed by atoms with E-state index in [0.717, 1.165) is 17.9 Å². The van der Waals surface area contributed by atoms with Gasteiger partial charge in [0.25, 0.3) is 0 Å². The van der Waals surface area contributed by atoms with Crippen LogP contribution in [0.15, 0.2) is 48.5 Å². The van der Waals surface area contributed by atoms with Gasteiger partial charge in [0.2, 0.25) is 0 Å². The fourth-order valence-corrected chi connectivity index (χ4v) is 2.63. The van der Waals surface area contributed by atoms with Crippen LogP contribution in [0.2, 0.25) is 5.02 Å². The second-order valence-electron chi connectivity index (χ2n) is 4.76. The Kier molecular flexibility index (Phi) is 5.67. The van der Waals surface area contributed by atoms with Crippen molar-refractivity contribution in [1.29, 1.82) is 0 Å². The lowest BCUT2D eigenvalue weighted by atomic mass is 9.93. The molecule has 0 amide bonds. The molecule has 0 bridgehead atoms. The number of halogens is 2. The molecule has 2 N–H and O–H groups in total. The number of benzene rings is 2. The molecule has 0 fully saturated rings. The van der Waals surface area contributed by atoms with Crippen molar-refractivity contribution in [3.8, 4) is 0 Å². The molecule has 0 saturated carbocycles. The van der Waals surface area contributed by atoms with Crippen molar-refractivity contribution in [2.24, 2.45) is 11.7 Å². The first-order valence-corrected chi connectivity index (χ1v) is 7.82. The van der Waals surface area contributed by atoms with Gasteiger partial charge < -0.3 is 5.73 Å². The predicted octanol–water partition coefficient (Wildman–Crippen LogP) is 4.30. The molecule has 0 aliphatic carbocycles. The predicted molar refractivity (Wildman–Crippen MR) is 90.6 cm³/mol. The Labute approximate surface area is 133 Å². The Hall–Kier alpha value is -0.580. The van der Waals surface area contributed by atoms with E-state index in [0.29, 0.717) is 12.5 Å². The molecule has 3 heteroatoms. The molecule has 2 aromatic carbocycles. The maximum Gasteiger partial charge on any atom is 0.0406 e. The molecule has 0 heterocycles. The van der Waals surface area contributed by atoms with E-state index in [1.54, 1.807) is 0 Å². The third-order valence-electron chi connectivity index (χ3n) is 3.21. The standard InChI is InChI=1S/C16H17ClIN/c17-15-5-1-12(2-6-15)9-14(11-19)10-13-3-7-16(18)8-4-13/h1-8,14H,9-11,19H2. The molecule has 100 valence electrons. The molecule has 0 saturated heterocycles. The van der Waals surface area contributed by atoms with Gasteiger partial charge in [-0.25, -0.2) is 0 Å². The quantitative estimate of drug-likeness (QED) is 0.763. The summed E-state index contributed by atoms with van der Waals surface area (Å²) in [5.41, 5.74) is 8.55. The van der Waals surface area contributed by atoms with E-state index < -0.39 is 0 Å². The van der Waals surface area contributed by atoms with Gasteiger partial charge >= 0.3 is 0 Å². The zero-order chi connectivity index (χ0) is 13.7. The molecule has 0 aliphatic heterocycles. The number of hydrogen-bond donors (Lipinski definition) is 1. The molecule has 0 aromatic heterocycles. The van der Waals surface area contributed by atoms with Crippen LogP contribution in [-0.4, -0.2) is 6.54 Å². The van der Waals surface area contributed by atoms with Crippen LogP contribution >= 0.6 is 34.2 Å². The molecule has 0 aliphatic rings. The fraction of sp³-hybridized carbons (Fsp3) is 0.250. The first-order chi connectivity index (χ1) is 9.17. The van der Waals surface area contributed by atoms with Gasteiger partial charge in [0.15, 0.2) is 0 Å². The molecule has 0 radical (unpaired) electrons. The van der Waals surface area contributed by atoms with E-state index >= 15 is 0 Å². The van der Waals surface area contributed by atoms with Crippen molar-refractivity contribution in [2.45, 2.75) is 12.8 Å². The minimum atomic E-state index is 0.473. The maximum atomic E-state index is 5.90. The summed E-state index contributed by atoms with van der Waals surface area (Å²) < 4.78 is 1.27. The van der Waals surface area contributed by atoms with Crippen LogP contribution in [0.1, 0.15) is 11.1 Å². The lowest BCUT2D eigenvalue weighted by molar-refractivity contribution is 0.533. The molecular weight excluding hydrogens is 369 g/mol. The first kappa shape index (κ1) is 14.8. The van der Waals surface area contributed by atoms with Crippen molar-refractivity contribution in [3.05, 3.63) is 68.3 Å². The summed E-state index contributed by atoms with van der Waals surface area (Å²) in [6.07, 6.45) is 2.02. The summed E-state index contributed by atoms with van der Waals surface area (Å²) in [5, 5.41) is 0.783. The van der Waals surface area contributed by atoms with Crippen LogP contribution in [-0.2, 0) is 12.8 Å². The van der Waals surface area contributed by atoms with Gasteiger partial charge in [0.1, 0.15) is 0 Å². The number of rotatable bonds is 5. The Morgan fingerprint density at radius 2 is 1.37 bits per heavy atom. The zero-order valence-corrected chi connectivity index (χ0v) is 13.6. The highest BCUT2D eigenvalue weighted by Crippen LogP contribution is 2.17. The summed E-state index contributed by atoms with van der Waals surface area (Å²) in [6.45, 7) is 0.703. The molecule has 1 atom stereocenters. The Morgan fingerprint density at radius 3 is 1.84 bits per heavy atom. The largest absolute Gasteiger partial charge is 0.330 e. The molecule has 0 spiro atoms. The van der Waals surface area contributed by atoms with Gasteiger partial charge in [-0.15, -0.1) is 0 Å². The van der Waals surface area contributed by atoms with Crippen LogP contribution in [0, 0.1) is 9.49 Å². The topological polar surface area (TPSA) is 26.0 Å². The van der Waals surface area contributed by atoms with Crippen LogP contribution < -0.4 is 5.73 Å². The monoisotopic (exact) mass is 385 g/mol. The van der Waals surface area contributed by atoms with Crippen LogP contribution in [0.25, 0.3) is 0 Å². The zero-order valence-electron chi connectivity index (χ0n) is 10.7. The average Bonchev–Trinajstić information content (AvgIpc) is 2.43. The normalized spacial score (nSPS) is 12.4. The highest BCUT2D eigenvalue weighted by molar-refractivity contribution is 14.1. The highest BCUT2D eigenvalue weighted by atomic mass is 127. The van der Waals surface area contributed by atoms with Gasteiger partial charge in [0.05, 0.1) is 0 Å². The third kappa shape index (κ3) is 4.79. The summed E-state index contributed by atoms with van der Waals surface area (Å²) in [5.74, 6) is 0.473. The average molecular weight is 386 g/mol. The molecule has 1 unspecified atom stereocenters. The summed E-state index contributed by atoms with van der Waals surface area (Å²) in [7, 11) is 0. The van der Waals surface area contributed by atoms with Crippen LogP contribution in [0.4, 0.5) is 0 Å². The summed E-state index contributed by atoms with van der Waals surface area (Å²) in [6, 6.07) is 16.7. The Morgan fingerprint density at radius 1 is 0.895 bits per heavy atom. The fourth-order valence-electron chi connectivity index (χ4n) is 2.15. The van der Waals surface area contributed by atoms with E-state index in [1.807, 2.05) is 12.1 Å². The smallest absolute Gasteiger partial charge is 0.0406 e. The van der Waals surface area contributed by atoms with E-state index in [-0.39, 0.29) is 0 Å². The Bertz CT molecular complexity index is 460. The van der Waals surface area contributed by atoms with E-state index in [1.165, 1.54) is 14.7 Å². The summed E-state index contributed by atoms with van der Waals surface area (Å²) in [4.78, 5) is 0. The SMILES string of the molecule is NCC(Cc1ccc(Cl)cc1)Cc1ccc(I)cc1. The minimum absolute atomic E-state index is 0.473. The number of hydrogen-bond acceptors (Lipinski definition) is 1. The molecule has 2 rings (SSSR count). The van der Waals surface area contributed by atoms with Gasteiger partial charge in [0, 0.05) is 8.59 Å². The van der Waals surface area contributed by atoms with Crippen LogP contribution in [0.3, 0.4) is 0 Å². The number of nitrogens with two attached hydrogens (primary N) is 1. The second-order valence-corrected chi connectivity index (χ2v) is 6.44. The van der Waals surface area contributed by atoms with Gasteiger partial charge in [-0.2, -0.15) is 0 Å². The van der Waals surface area contributed by atoms with Crippen molar-refractivity contribution in [1.82, 2.24) is 0 Å². The van der Waals surface area contributed by atoms with E-state index in [9.17, 15) is 0 Å². The van der Waals surface area contributed by atoms with Gasteiger partial charge in [-0.1, -0.05) is 35.9 Å². The van der Waals surface area contributed by atoms with Crippen molar-refractivity contribution in [2.75, 3.05) is 6.54 Å². The molecular formula is C16H17ClIN. The lowest BCUT2D eigenvalue weighted by Gasteiger charge is -2.15. The summed E-state index contributed by atoms with van der Waals surface area (Å²) >= 11 is 8.23. The van der Waals surface area contributed by atoms with Crippen molar-refractivity contribution >= 4 is 34.2 Å². The molecule has 1 nitrogen and oxygen atoms in total. The highest BCUT2D eigenvalue weighted by Gasteiger charge is 2.09. The molecule has 2 aromatic rings. The van der Waals surface area contributed by atoms with E-state index in [2.05, 4.69) is 59.0 Å². The third-order valence-corrected chi connectivity index (χ3v) is 4.18. The van der Waals surface area contributed by atoms with Crippen molar-refractivity contribution < 1.29 is 0 Å². The minimum Gasteiger partial charge on any atom is -0.330 e. The van der Waals surface area contributed by atoms with Gasteiger partial charge in [-0.3, -0.25) is 0 Å². The van der Waals surface area contributed by atoms with E-state index in [4.69, 9.17) is 17.3 Å². The molecule has 19 heavy (non-hydrogen) atoms. The Balaban J connectivity index is 2.00. The lowest BCUT2D eigenvalue weighted by Crippen LogP contribution is -2.19.